The number of rotatable bonds is 2. The Kier molecular flexibility index (Phi) is 3.61. The van der Waals surface area contributed by atoms with E-state index in [1.165, 1.54) is 51.4 Å². The largest absolute Gasteiger partial charge is 0.0808 e. The highest BCUT2D eigenvalue weighted by molar-refractivity contribution is 7.47. The summed E-state index contributed by atoms with van der Waals surface area (Å²) in [5, 5.41) is 3.50. The van der Waals surface area contributed by atoms with Gasteiger partial charge < -0.3 is 0 Å². The molecular weight excluding hydrogens is 175 g/mol. The molecule has 0 bridgehead atoms. The molecule has 72 valence electrons. The van der Waals surface area contributed by atoms with Gasteiger partial charge in [0.05, 0.1) is 0 Å². The minimum atomic E-state index is 1.05. The van der Waals surface area contributed by atoms with Crippen molar-refractivity contribution in [3.63, 3.8) is 0 Å². The number of hydrogen-bond acceptors (Lipinski definition) is 0. The first kappa shape index (κ1) is 9.46. The molecule has 0 aromatic rings. The highest BCUT2D eigenvalue weighted by Gasteiger charge is 2.08. The van der Waals surface area contributed by atoms with Crippen LogP contribution >= 0.6 is 8.58 Å². The molecule has 0 aliphatic heterocycles. The second-order valence-electron chi connectivity index (χ2n) is 4.08. The van der Waals surface area contributed by atoms with Gasteiger partial charge in [-0.2, -0.15) is 0 Å². The lowest BCUT2D eigenvalue weighted by molar-refractivity contribution is 0.715. The lowest BCUT2D eigenvalue weighted by atomic mass is 10.1. The Bertz CT molecular complexity index is 201. The Labute approximate surface area is 83.3 Å². The maximum atomic E-state index is 2.50. The van der Waals surface area contributed by atoms with Gasteiger partial charge in [0.2, 0.25) is 0 Å². The normalized spacial score (nSPS) is 23.7. The summed E-state index contributed by atoms with van der Waals surface area (Å²) < 4.78 is 0. The summed E-state index contributed by atoms with van der Waals surface area (Å²) in [7, 11) is 1.05. The van der Waals surface area contributed by atoms with Crippen molar-refractivity contribution in [2.24, 2.45) is 0 Å². The monoisotopic (exact) mass is 194 g/mol. The Morgan fingerprint density at radius 2 is 1.31 bits per heavy atom. The molecule has 0 nitrogen and oxygen atoms in total. The van der Waals surface area contributed by atoms with Gasteiger partial charge in [0.25, 0.3) is 0 Å². The smallest absolute Gasteiger partial charge is 0.0277 e. The second kappa shape index (κ2) is 4.96. The summed E-state index contributed by atoms with van der Waals surface area (Å²) in [6.07, 6.45) is 16.2. The van der Waals surface area contributed by atoms with Gasteiger partial charge in [-0.3, -0.25) is 0 Å². The molecule has 0 aromatic carbocycles. The lowest BCUT2D eigenvalue weighted by Gasteiger charge is -2.17. The molecular formula is C12H19P. The van der Waals surface area contributed by atoms with Gasteiger partial charge in [-0.25, -0.2) is 0 Å². The molecule has 0 heterocycles. The standard InChI is InChI=1S/C12H19P/c1-3-7-11(8-4-1)13-12-9-5-2-6-10-12/h7,9,13H,1-6,8,10H2. The van der Waals surface area contributed by atoms with E-state index in [4.69, 9.17) is 0 Å². The van der Waals surface area contributed by atoms with Crippen LogP contribution in [0.4, 0.5) is 0 Å². The Morgan fingerprint density at radius 3 is 1.69 bits per heavy atom. The molecule has 2 aliphatic rings. The maximum Gasteiger partial charge on any atom is -0.0277 e. The number of hydrogen-bond donors (Lipinski definition) is 0. The highest BCUT2D eigenvalue weighted by atomic mass is 31.1. The van der Waals surface area contributed by atoms with Gasteiger partial charge in [0, 0.05) is 0 Å². The highest BCUT2D eigenvalue weighted by Crippen LogP contribution is 2.42. The molecule has 0 N–H and O–H groups in total. The van der Waals surface area contributed by atoms with Gasteiger partial charge in [-0.05, 0) is 62.0 Å². The van der Waals surface area contributed by atoms with E-state index in [2.05, 4.69) is 12.2 Å². The van der Waals surface area contributed by atoms with Crippen LogP contribution in [-0.4, -0.2) is 0 Å². The molecule has 0 amide bonds. The predicted molar refractivity (Wildman–Crippen MR) is 61.4 cm³/mol. The van der Waals surface area contributed by atoms with Gasteiger partial charge in [0.1, 0.15) is 0 Å². The zero-order chi connectivity index (χ0) is 8.93. The minimum absolute atomic E-state index is 1.05. The van der Waals surface area contributed by atoms with E-state index >= 15 is 0 Å². The van der Waals surface area contributed by atoms with E-state index in [1.807, 2.05) is 0 Å². The quantitative estimate of drug-likeness (QED) is 0.564. The topological polar surface area (TPSA) is 0 Å². The third kappa shape index (κ3) is 2.95. The maximum absolute atomic E-state index is 2.50. The van der Waals surface area contributed by atoms with Gasteiger partial charge in [-0.1, -0.05) is 20.7 Å². The van der Waals surface area contributed by atoms with Crippen molar-refractivity contribution in [1.82, 2.24) is 0 Å². The average molecular weight is 194 g/mol. The van der Waals surface area contributed by atoms with Crippen LogP contribution in [0.1, 0.15) is 51.4 Å². The van der Waals surface area contributed by atoms with Gasteiger partial charge >= 0.3 is 0 Å². The molecule has 13 heavy (non-hydrogen) atoms. The van der Waals surface area contributed by atoms with Crippen LogP contribution in [0.5, 0.6) is 0 Å². The first-order valence-electron chi connectivity index (χ1n) is 5.60. The van der Waals surface area contributed by atoms with Crippen LogP contribution in [0, 0.1) is 0 Å². The first-order chi connectivity index (χ1) is 6.45. The molecule has 0 spiro atoms. The first-order valence-corrected chi connectivity index (χ1v) is 6.60. The Morgan fingerprint density at radius 1 is 0.769 bits per heavy atom. The summed E-state index contributed by atoms with van der Waals surface area (Å²) in [5.41, 5.74) is 0. The van der Waals surface area contributed by atoms with Crippen LogP contribution in [0.2, 0.25) is 0 Å². The lowest BCUT2D eigenvalue weighted by Crippen LogP contribution is -1.90. The summed E-state index contributed by atoms with van der Waals surface area (Å²) in [6, 6.07) is 0. The van der Waals surface area contributed by atoms with Crippen LogP contribution in [0.15, 0.2) is 22.8 Å². The van der Waals surface area contributed by atoms with E-state index in [-0.39, 0.29) is 0 Å². The van der Waals surface area contributed by atoms with Crippen LogP contribution in [-0.2, 0) is 0 Å². The summed E-state index contributed by atoms with van der Waals surface area (Å²) in [6.45, 7) is 0. The SMILES string of the molecule is C1=C(PC2=CCCCC2)CCCC1. The molecule has 0 unspecified atom stereocenters. The van der Waals surface area contributed by atoms with E-state index < -0.39 is 0 Å². The van der Waals surface area contributed by atoms with Crippen molar-refractivity contribution < 1.29 is 0 Å². The van der Waals surface area contributed by atoms with Crippen LogP contribution < -0.4 is 0 Å². The third-order valence-electron chi connectivity index (χ3n) is 2.90. The molecule has 0 aromatic heterocycles. The molecule has 0 fully saturated rings. The predicted octanol–water partition coefficient (Wildman–Crippen LogP) is 4.58. The minimum Gasteiger partial charge on any atom is -0.0808 e. The zero-order valence-corrected chi connectivity index (χ0v) is 9.31. The van der Waals surface area contributed by atoms with Crippen molar-refractivity contribution in [2.75, 3.05) is 0 Å². The van der Waals surface area contributed by atoms with Crippen molar-refractivity contribution in [2.45, 2.75) is 51.4 Å². The number of allylic oxidation sites excluding steroid dienone is 4. The Hall–Kier alpha value is -0.0900. The fourth-order valence-electron chi connectivity index (χ4n) is 2.11. The fraction of sp³-hybridized carbons (Fsp3) is 0.667. The van der Waals surface area contributed by atoms with Gasteiger partial charge in [-0.15, -0.1) is 0 Å². The van der Waals surface area contributed by atoms with Crippen molar-refractivity contribution in [3.05, 3.63) is 22.8 Å². The zero-order valence-electron chi connectivity index (χ0n) is 8.31. The van der Waals surface area contributed by atoms with Crippen LogP contribution in [0.3, 0.4) is 0 Å². The van der Waals surface area contributed by atoms with Crippen molar-refractivity contribution >= 4 is 8.58 Å². The van der Waals surface area contributed by atoms with Crippen LogP contribution in [0.25, 0.3) is 0 Å². The molecule has 0 radical (unpaired) electrons. The summed E-state index contributed by atoms with van der Waals surface area (Å²) >= 11 is 0. The summed E-state index contributed by atoms with van der Waals surface area (Å²) in [5.74, 6) is 0. The Balaban J connectivity index is 1.88. The van der Waals surface area contributed by atoms with E-state index in [0.717, 1.165) is 8.58 Å². The summed E-state index contributed by atoms with van der Waals surface area (Å²) in [4.78, 5) is 0. The third-order valence-corrected chi connectivity index (χ3v) is 4.45. The second-order valence-corrected chi connectivity index (χ2v) is 5.61. The van der Waals surface area contributed by atoms with E-state index in [0.29, 0.717) is 0 Å². The molecule has 2 aliphatic carbocycles. The molecule has 0 saturated carbocycles. The molecule has 1 heteroatoms. The van der Waals surface area contributed by atoms with Crippen molar-refractivity contribution in [3.8, 4) is 0 Å². The van der Waals surface area contributed by atoms with Gasteiger partial charge in [0.15, 0.2) is 0 Å². The van der Waals surface area contributed by atoms with E-state index in [1.54, 1.807) is 10.6 Å². The molecule has 0 saturated heterocycles. The molecule has 2 rings (SSSR count). The average Bonchev–Trinajstić information content (AvgIpc) is 2.21. The molecule has 0 atom stereocenters. The fourth-order valence-corrected chi connectivity index (χ4v) is 3.62. The van der Waals surface area contributed by atoms with Crippen molar-refractivity contribution in [1.29, 1.82) is 0 Å². The van der Waals surface area contributed by atoms with E-state index in [9.17, 15) is 0 Å².